The third-order valence-electron chi connectivity index (χ3n) is 3.31. The zero-order valence-corrected chi connectivity index (χ0v) is 13.1. The van der Waals surface area contributed by atoms with Crippen LogP contribution in [0.4, 0.5) is 0 Å². The summed E-state index contributed by atoms with van der Waals surface area (Å²) in [6.07, 6.45) is 2.81. The van der Waals surface area contributed by atoms with E-state index < -0.39 is 0 Å². The molecule has 2 aromatic rings. The fourth-order valence-electron chi connectivity index (χ4n) is 2.26. The van der Waals surface area contributed by atoms with Crippen molar-refractivity contribution in [2.24, 2.45) is 5.92 Å². The van der Waals surface area contributed by atoms with Crippen molar-refractivity contribution in [3.8, 4) is 5.75 Å². The summed E-state index contributed by atoms with van der Waals surface area (Å²) in [5.41, 5.74) is 1.98. The van der Waals surface area contributed by atoms with Gasteiger partial charge in [-0.15, -0.1) is 0 Å². The summed E-state index contributed by atoms with van der Waals surface area (Å²) in [5, 5.41) is 2.96. The van der Waals surface area contributed by atoms with Gasteiger partial charge in [0, 0.05) is 12.7 Å². The van der Waals surface area contributed by atoms with E-state index >= 15 is 0 Å². The van der Waals surface area contributed by atoms with Gasteiger partial charge in [0.1, 0.15) is 5.69 Å². The third-order valence-corrected chi connectivity index (χ3v) is 3.31. The van der Waals surface area contributed by atoms with E-state index in [-0.39, 0.29) is 5.91 Å². The van der Waals surface area contributed by atoms with Gasteiger partial charge in [-0.3, -0.25) is 9.20 Å². The van der Waals surface area contributed by atoms with Crippen LogP contribution >= 0.6 is 0 Å². The summed E-state index contributed by atoms with van der Waals surface area (Å²) >= 11 is 0. The standard InChI is InChI=1S/C16H23N3O2/c1-5-21-13-7-6-10-19-14(12(4)18-15(13)19)16(20)17-9-8-11(2)3/h6-7,10-11H,5,8-9H2,1-4H3,(H,17,20). The number of carbonyl (C=O) groups is 1. The molecule has 21 heavy (non-hydrogen) atoms. The van der Waals surface area contributed by atoms with E-state index in [2.05, 4.69) is 24.1 Å². The summed E-state index contributed by atoms with van der Waals surface area (Å²) in [6, 6.07) is 3.73. The summed E-state index contributed by atoms with van der Waals surface area (Å²) < 4.78 is 7.36. The number of fused-ring (bicyclic) bond motifs is 1. The zero-order chi connectivity index (χ0) is 15.4. The van der Waals surface area contributed by atoms with Crippen molar-refractivity contribution in [3.05, 3.63) is 29.7 Å². The number of aromatic nitrogens is 2. The average Bonchev–Trinajstić information content (AvgIpc) is 2.75. The average molecular weight is 289 g/mol. The van der Waals surface area contributed by atoms with Crippen LogP contribution in [-0.2, 0) is 0 Å². The number of pyridine rings is 1. The second-order valence-electron chi connectivity index (χ2n) is 5.48. The van der Waals surface area contributed by atoms with Crippen LogP contribution in [0.1, 0.15) is 43.4 Å². The van der Waals surface area contributed by atoms with Gasteiger partial charge in [-0.05, 0) is 38.3 Å². The molecule has 0 saturated heterocycles. The van der Waals surface area contributed by atoms with Crippen LogP contribution < -0.4 is 10.1 Å². The molecule has 0 fully saturated rings. The molecule has 0 atom stereocenters. The lowest BCUT2D eigenvalue weighted by atomic mass is 10.1. The third kappa shape index (κ3) is 3.35. The Kier molecular flexibility index (Phi) is 4.83. The van der Waals surface area contributed by atoms with Crippen LogP contribution in [0.2, 0.25) is 0 Å². The van der Waals surface area contributed by atoms with Gasteiger partial charge in [-0.2, -0.15) is 0 Å². The molecule has 0 aromatic carbocycles. The van der Waals surface area contributed by atoms with Crippen LogP contribution in [0.25, 0.3) is 5.65 Å². The van der Waals surface area contributed by atoms with Crippen molar-refractivity contribution in [1.29, 1.82) is 0 Å². The van der Waals surface area contributed by atoms with Crippen molar-refractivity contribution in [2.45, 2.75) is 34.1 Å². The molecule has 2 aromatic heterocycles. The normalized spacial score (nSPS) is 11.1. The molecular formula is C16H23N3O2. The second-order valence-corrected chi connectivity index (χ2v) is 5.48. The molecule has 0 radical (unpaired) electrons. The van der Waals surface area contributed by atoms with E-state index in [1.807, 2.05) is 32.2 Å². The van der Waals surface area contributed by atoms with Crippen LogP contribution in [0.15, 0.2) is 18.3 Å². The van der Waals surface area contributed by atoms with Gasteiger partial charge in [-0.1, -0.05) is 13.8 Å². The van der Waals surface area contributed by atoms with Crippen molar-refractivity contribution >= 4 is 11.6 Å². The molecule has 2 heterocycles. The Labute approximate surface area is 125 Å². The van der Waals surface area contributed by atoms with Crippen molar-refractivity contribution in [3.63, 3.8) is 0 Å². The maximum atomic E-state index is 12.4. The number of aryl methyl sites for hydroxylation is 1. The molecule has 114 valence electrons. The first-order valence-electron chi connectivity index (χ1n) is 7.43. The fraction of sp³-hybridized carbons (Fsp3) is 0.500. The van der Waals surface area contributed by atoms with Crippen LogP contribution in [0, 0.1) is 12.8 Å². The first kappa shape index (κ1) is 15.4. The van der Waals surface area contributed by atoms with Gasteiger partial charge in [0.25, 0.3) is 5.91 Å². The monoisotopic (exact) mass is 289 g/mol. The smallest absolute Gasteiger partial charge is 0.270 e. The predicted molar refractivity (Wildman–Crippen MR) is 82.9 cm³/mol. The van der Waals surface area contributed by atoms with Crippen molar-refractivity contribution in [1.82, 2.24) is 14.7 Å². The molecule has 0 saturated carbocycles. The lowest BCUT2D eigenvalue weighted by Crippen LogP contribution is -2.27. The predicted octanol–water partition coefficient (Wildman–Crippen LogP) is 2.82. The Morgan fingerprint density at radius 2 is 2.24 bits per heavy atom. The van der Waals surface area contributed by atoms with Crippen LogP contribution in [0.3, 0.4) is 0 Å². The number of hydrogen-bond donors (Lipinski definition) is 1. The SMILES string of the molecule is CCOc1cccn2c(C(=O)NCCC(C)C)c(C)nc12. The highest BCUT2D eigenvalue weighted by Crippen LogP contribution is 2.22. The molecule has 0 unspecified atom stereocenters. The van der Waals surface area contributed by atoms with Crippen molar-refractivity contribution in [2.75, 3.05) is 13.2 Å². The van der Waals surface area contributed by atoms with Gasteiger partial charge in [0.05, 0.1) is 12.3 Å². The van der Waals surface area contributed by atoms with Gasteiger partial charge in [0.2, 0.25) is 0 Å². The number of imidazole rings is 1. The number of rotatable bonds is 6. The minimum atomic E-state index is -0.0886. The number of hydrogen-bond acceptors (Lipinski definition) is 3. The lowest BCUT2D eigenvalue weighted by molar-refractivity contribution is 0.0945. The summed E-state index contributed by atoms with van der Waals surface area (Å²) in [6.45, 7) is 9.30. The molecule has 2 rings (SSSR count). The minimum Gasteiger partial charge on any atom is -0.490 e. The van der Waals surface area contributed by atoms with E-state index in [9.17, 15) is 4.79 Å². The van der Waals surface area contributed by atoms with Crippen LogP contribution in [0.5, 0.6) is 5.75 Å². The number of carbonyl (C=O) groups excluding carboxylic acids is 1. The van der Waals surface area contributed by atoms with Gasteiger partial charge in [0.15, 0.2) is 11.4 Å². The topological polar surface area (TPSA) is 55.6 Å². The number of amides is 1. The molecule has 0 aliphatic carbocycles. The molecule has 1 N–H and O–H groups in total. The fourth-order valence-corrected chi connectivity index (χ4v) is 2.26. The van der Waals surface area contributed by atoms with Gasteiger partial charge in [-0.25, -0.2) is 4.98 Å². The summed E-state index contributed by atoms with van der Waals surface area (Å²) in [5.74, 6) is 1.18. The molecule has 0 aliphatic heterocycles. The molecule has 0 spiro atoms. The van der Waals surface area contributed by atoms with Crippen molar-refractivity contribution < 1.29 is 9.53 Å². The van der Waals surface area contributed by atoms with E-state index in [0.717, 1.165) is 6.42 Å². The maximum absolute atomic E-state index is 12.4. The van der Waals surface area contributed by atoms with Gasteiger partial charge < -0.3 is 10.1 Å². The number of nitrogens with zero attached hydrogens (tertiary/aromatic N) is 2. The number of nitrogens with one attached hydrogen (secondary N) is 1. The summed E-state index contributed by atoms with van der Waals surface area (Å²) in [4.78, 5) is 16.9. The second kappa shape index (κ2) is 6.61. The molecule has 5 nitrogen and oxygen atoms in total. The molecule has 0 bridgehead atoms. The highest BCUT2D eigenvalue weighted by Gasteiger charge is 2.18. The van der Waals surface area contributed by atoms with Gasteiger partial charge >= 0.3 is 0 Å². The first-order valence-corrected chi connectivity index (χ1v) is 7.43. The highest BCUT2D eigenvalue weighted by molar-refractivity contribution is 5.94. The molecule has 5 heteroatoms. The molecular weight excluding hydrogens is 266 g/mol. The van der Waals surface area contributed by atoms with E-state index in [4.69, 9.17) is 4.74 Å². The molecule has 1 amide bonds. The Morgan fingerprint density at radius 1 is 1.48 bits per heavy atom. The lowest BCUT2D eigenvalue weighted by Gasteiger charge is -2.08. The zero-order valence-electron chi connectivity index (χ0n) is 13.1. The van der Waals surface area contributed by atoms with Crippen LogP contribution in [-0.4, -0.2) is 28.4 Å². The Hall–Kier alpha value is -2.04. The Morgan fingerprint density at radius 3 is 2.90 bits per heavy atom. The quantitative estimate of drug-likeness (QED) is 0.889. The maximum Gasteiger partial charge on any atom is 0.270 e. The summed E-state index contributed by atoms with van der Waals surface area (Å²) in [7, 11) is 0. The van der Waals surface area contributed by atoms with E-state index in [1.54, 1.807) is 4.40 Å². The number of ether oxygens (including phenoxy) is 1. The highest BCUT2D eigenvalue weighted by atomic mass is 16.5. The largest absolute Gasteiger partial charge is 0.490 e. The minimum absolute atomic E-state index is 0.0886. The first-order chi connectivity index (χ1) is 10.0. The Balaban J connectivity index is 2.29. The Bertz CT molecular complexity index is 632. The van der Waals surface area contributed by atoms with E-state index in [0.29, 0.717) is 41.9 Å². The van der Waals surface area contributed by atoms with E-state index in [1.165, 1.54) is 0 Å². The molecule has 0 aliphatic rings.